The molecule has 1 N–H and O–H groups in total. The molecule has 9 heteroatoms. The van der Waals surface area contributed by atoms with Crippen LogP contribution in [0.1, 0.15) is 79.7 Å². The number of benzene rings is 2. The Balaban J connectivity index is -0.000000528. The highest BCUT2D eigenvalue weighted by atomic mass is 32.3. The molecule has 0 spiro atoms. The molecule has 0 aliphatic heterocycles. The highest BCUT2D eigenvalue weighted by Gasteiger charge is 2.24. The van der Waals surface area contributed by atoms with Gasteiger partial charge in [0.15, 0.2) is 0 Å². The number of rotatable bonds is 11. The summed E-state index contributed by atoms with van der Waals surface area (Å²) in [6.07, 6.45) is 5.48. The molecule has 4 nitrogen and oxygen atoms in total. The predicted molar refractivity (Wildman–Crippen MR) is 158 cm³/mol. The summed E-state index contributed by atoms with van der Waals surface area (Å²) in [4.78, 5) is 8.65. The first-order valence-corrected chi connectivity index (χ1v) is 14.8. The lowest BCUT2D eigenvalue weighted by Gasteiger charge is -2.11. The van der Waals surface area contributed by atoms with Crippen molar-refractivity contribution < 1.29 is 25.6 Å². The molecule has 0 saturated carbocycles. The summed E-state index contributed by atoms with van der Waals surface area (Å²) < 4.78 is 56.7. The summed E-state index contributed by atoms with van der Waals surface area (Å²) in [6, 6.07) is 11.1. The van der Waals surface area contributed by atoms with Crippen molar-refractivity contribution >= 4 is 17.6 Å². The van der Waals surface area contributed by atoms with E-state index in [2.05, 4.69) is 26.1 Å². The molecule has 0 aliphatic carbocycles. The molecule has 0 radical (unpaired) electrons. The third-order valence-corrected chi connectivity index (χ3v) is 5.69. The number of ether oxygens (including phenoxy) is 1. The van der Waals surface area contributed by atoms with E-state index in [1.807, 2.05) is 27.7 Å². The lowest BCUT2D eigenvalue weighted by Crippen LogP contribution is -2.09. The Morgan fingerprint density at radius 2 is 1.64 bits per heavy atom. The van der Waals surface area contributed by atoms with Crippen molar-refractivity contribution in [2.24, 2.45) is 5.92 Å². The van der Waals surface area contributed by atoms with Crippen LogP contribution in [0.2, 0.25) is 0 Å². The van der Waals surface area contributed by atoms with Gasteiger partial charge in [0.2, 0.25) is 17.6 Å². The zero-order valence-electron chi connectivity index (χ0n) is 24.8. The number of hydrogen-bond acceptors (Lipinski definition) is 3. The molecule has 1 amide bonds. The topological polar surface area (TPSA) is 62.1 Å². The molecule has 39 heavy (non-hydrogen) atoms. The average molecular weight is 577 g/mol. The van der Waals surface area contributed by atoms with Crippen LogP contribution in [-0.2, 0) is 9.53 Å². The van der Waals surface area contributed by atoms with E-state index in [-0.39, 0.29) is 6.54 Å². The van der Waals surface area contributed by atoms with E-state index < -0.39 is 21.9 Å². The molecular weight excluding hydrogens is 528 g/mol. The Morgan fingerprint density at radius 1 is 1.03 bits per heavy atom. The number of nitriles is 1. The summed E-state index contributed by atoms with van der Waals surface area (Å²) in [5, 5.41) is 9.88. The van der Waals surface area contributed by atoms with Crippen LogP contribution in [0.3, 0.4) is 0 Å². The number of halogens is 4. The van der Waals surface area contributed by atoms with Gasteiger partial charge in [-0.25, -0.2) is 4.39 Å². The maximum absolute atomic E-state index is 13.4. The van der Waals surface area contributed by atoms with E-state index in [1.54, 1.807) is 31.2 Å². The third kappa shape index (κ3) is 22.0. The van der Waals surface area contributed by atoms with Crippen LogP contribution in [0.4, 0.5) is 16.0 Å². The van der Waals surface area contributed by atoms with Gasteiger partial charge >= 0.3 is 0 Å². The van der Waals surface area contributed by atoms with Crippen molar-refractivity contribution in [2.75, 3.05) is 19.8 Å². The van der Waals surface area contributed by atoms with Crippen LogP contribution in [0.15, 0.2) is 47.4 Å². The molecule has 2 aromatic rings. The van der Waals surface area contributed by atoms with Gasteiger partial charge in [-0.15, -0.1) is 11.7 Å². The van der Waals surface area contributed by atoms with Crippen molar-refractivity contribution in [2.45, 2.75) is 86.0 Å². The lowest BCUT2D eigenvalue weighted by atomic mass is 10.0. The highest BCUT2D eigenvalue weighted by Crippen LogP contribution is 2.60. The van der Waals surface area contributed by atoms with Gasteiger partial charge in [0.25, 0.3) is 0 Å². The fourth-order valence-corrected chi connectivity index (χ4v) is 3.16. The molecule has 0 aromatic heterocycles. The second kappa shape index (κ2) is 27.0. The Kier molecular flexibility index (Phi) is 28.3. The smallest absolute Gasteiger partial charge is 0.237 e. The van der Waals surface area contributed by atoms with Crippen LogP contribution < -0.4 is 5.32 Å². The first-order chi connectivity index (χ1) is 18.6. The van der Waals surface area contributed by atoms with E-state index >= 15 is 0 Å². The number of hydrogen-bond donors (Lipinski definition) is 1. The first-order valence-electron chi connectivity index (χ1n) is 13.5. The molecule has 1 atom stereocenters. The van der Waals surface area contributed by atoms with Gasteiger partial charge < -0.3 is 10.1 Å². The number of carbonyl (C=O) groups is 1. The molecule has 0 saturated heterocycles. The second-order valence-corrected chi connectivity index (χ2v) is 9.11. The first kappa shape index (κ1) is 40.9. The summed E-state index contributed by atoms with van der Waals surface area (Å²) in [5.74, 6) is 0.456. The Bertz CT molecular complexity index is 903. The predicted octanol–water partition coefficient (Wildman–Crippen LogP) is 10.2. The Hall–Kier alpha value is -2.57. The zero-order valence-corrected chi connectivity index (χ0v) is 25.6. The summed E-state index contributed by atoms with van der Waals surface area (Å²) in [5.41, 5.74) is 1.29. The van der Waals surface area contributed by atoms with Gasteiger partial charge in [-0.05, 0) is 67.0 Å². The maximum Gasteiger partial charge on any atom is 0.237 e. The Morgan fingerprint density at radius 3 is 2.10 bits per heavy atom. The van der Waals surface area contributed by atoms with Gasteiger partial charge in [-0.3, -0.25) is 4.79 Å². The molecule has 2 rings (SSSR count). The SMILES string of the molecule is CC.CC.CCCOCCCC(C)CC.Cc1ccc(-c2cccc(S(F)(F)F)c2)cc1F.N#CCNC=O. The number of aryl methyl sites for hydroxylation is 1. The monoisotopic (exact) mass is 576 g/mol. The van der Waals surface area contributed by atoms with Crippen LogP contribution in [0.5, 0.6) is 0 Å². The maximum atomic E-state index is 13.4. The van der Waals surface area contributed by atoms with Crippen LogP contribution in [0, 0.1) is 30.0 Å². The largest absolute Gasteiger partial charge is 0.381 e. The third-order valence-electron chi connectivity index (χ3n) is 4.90. The van der Waals surface area contributed by atoms with E-state index in [4.69, 9.17) is 10.00 Å². The summed E-state index contributed by atoms with van der Waals surface area (Å²) in [6.45, 7) is 18.3. The van der Waals surface area contributed by atoms with Crippen LogP contribution >= 0.6 is 11.2 Å². The fraction of sp³-hybridized carbons (Fsp3) is 0.533. The van der Waals surface area contributed by atoms with E-state index in [9.17, 15) is 20.8 Å². The number of nitrogens with one attached hydrogen (secondary N) is 1. The number of nitrogens with zero attached hydrogens (tertiary/aromatic N) is 1. The number of amides is 1. The van der Waals surface area contributed by atoms with E-state index in [0.717, 1.165) is 37.7 Å². The molecule has 1 unspecified atom stereocenters. The van der Waals surface area contributed by atoms with Crippen molar-refractivity contribution in [3.63, 3.8) is 0 Å². The van der Waals surface area contributed by atoms with Crippen molar-refractivity contribution in [1.29, 1.82) is 5.26 Å². The zero-order chi connectivity index (χ0) is 30.7. The summed E-state index contributed by atoms with van der Waals surface area (Å²) in [7, 11) is 0. The standard InChI is InChI=1S/C13H10F4S.C10H22O.C3H4N2O.2C2H6/c1-9-5-6-11(8-13(9)14)10-3-2-4-12(7-10)18(15,16)17;1-4-8-11-9-6-7-10(3)5-2;4-1-2-5-3-6;2*1-2/h2-8H,1H3;10H,4-9H2,1-3H3;3H,2H2,(H,5,6);2*1-2H3. The molecule has 0 heterocycles. The van der Waals surface area contributed by atoms with Crippen LogP contribution in [0.25, 0.3) is 11.1 Å². The van der Waals surface area contributed by atoms with Gasteiger partial charge in [0, 0.05) is 13.2 Å². The minimum Gasteiger partial charge on any atom is -0.381 e. The van der Waals surface area contributed by atoms with Gasteiger partial charge in [0.05, 0.1) is 11.0 Å². The minimum atomic E-state index is -5.25. The van der Waals surface area contributed by atoms with Gasteiger partial charge in [-0.1, -0.05) is 79.2 Å². The molecule has 0 aliphatic rings. The van der Waals surface area contributed by atoms with E-state index in [1.165, 1.54) is 31.4 Å². The van der Waals surface area contributed by atoms with Crippen LogP contribution in [-0.4, -0.2) is 26.2 Å². The van der Waals surface area contributed by atoms with Gasteiger partial charge in [-0.2, -0.15) is 5.26 Å². The fourth-order valence-electron chi connectivity index (χ4n) is 2.66. The normalized spacial score (nSPS) is 10.7. The average Bonchev–Trinajstić information content (AvgIpc) is 2.95. The van der Waals surface area contributed by atoms with Crippen molar-refractivity contribution in [3.05, 3.63) is 53.8 Å². The highest BCUT2D eigenvalue weighted by molar-refractivity contribution is 8.20. The molecule has 2 aromatic carbocycles. The summed E-state index contributed by atoms with van der Waals surface area (Å²) >= 11 is -5.25. The van der Waals surface area contributed by atoms with Crippen molar-refractivity contribution in [3.8, 4) is 17.2 Å². The quantitative estimate of drug-likeness (QED) is 0.125. The van der Waals surface area contributed by atoms with Crippen molar-refractivity contribution in [1.82, 2.24) is 5.32 Å². The molecule has 0 bridgehead atoms. The van der Waals surface area contributed by atoms with Gasteiger partial charge in [0.1, 0.15) is 12.4 Å². The molecular formula is C30H48F4N2O2S. The molecule has 0 fully saturated rings. The Labute approximate surface area is 236 Å². The molecule has 224 valence electrons. The lowest BCUT2D eigenvalue weighted by molar-refractivity contribution is -0.109. The minimum absolute atomic E-state index is 0.101. The number of carbonyl (C=O) groups excluding carboxylic acids is 1. The van der Waals surface area contributed by atoms with E-state index in [0.29, 0.717) is 23.1 Å². The second-order valence-electron chi connectivity index (χ2n) is 7.82.